The van der Waals surface area contributed by atoms with Crippen LogP contribution in [0.15, 0.2) is 48.5 Å². The summed E-state index contributed by atoms with van der Waals surface area (Å²) >= 11 is 0. The van der Waals surface area contributed by atoms with Crippen LogP contribution in [0.5, 0.6) is 11.5 Å². The van der Waals surface area contributed by atoms with Gasteiger partial charge < -0.3 is 14.4 Å². The Morgan fingerprint density at radius 1 is 1.08 bits per heavy atom. The van der Waals surface area contributed by atoms with Crippen molar-refractivity contribution < 1.29 is 19.2 Å². The minimum atomic E-state index is -0.542. The van der Waals surface area contributed by atoms with E-state index in [4.69, 9.17) is 9.47 Å². The number of benzene rings is 2. The lowest BCUT2D eigenvalue weighted by Crippen LogP contribution is -2.34. The molecule has 0 saturated carbocycles. The van der Waals surface area contributed by atoms with E-state index in [2.05, 4.69) is 0 Å². The van der Waals surface area contributed by atoms with E-state index in [1.54, 1.807) is 19.2 Å². The Hall–Kier alpha value is -3.09. The second-order valence-electron chi connectivity index (χ2n) is 5.44. The number of hydrogen-bond donors (Lipinski definition) is 0. The van der Waals surface area contributed by atoms with Gasteiger partial charge in [-0.2, -0.15) is 0 Å². The number of aryl methyl sites for hydroxylation is 1. The number of para-hydroxylation sites is 3. The second-order valence-corrected chi connectivity index (χ2v) is 5.44. The largest absolute Gasteiger partial charge is 0.491 e. The van der Waals surface area contributed by atoms with Gasteiger partial charge in [0.2, 0.25) is 0 Å². The highest BCUT2D eigenvalue weighted by molar-refractivity contribution is 5.77. The number of rotatable bonds is 8. The second kappa shape index (κ2) is 8.68. The highest BCUT2D eigenvalue weighted by Gasteiger charge is 2.16. The van der Waals surface area contributed by atoms with Gasteiger partial charge in [0.25, 0.3) is 5.91 Å². The fraction of sp³-hybridized carbons (Fsp3) is 0.278. The minimum absolute atomic E-state index is 0.0745. The molecular formula is C18H20N2O5. The van der Waals surface area contributed by atoms with Crippen LogP contribution in [0.1, 0.15) is 5.56 Å². The van der Waals surface area contributed by atoms with Crippen molar-refractivity contribution in [2.75, 3.05) is 26.8 Å². The summed E-state index contributed by atoms with van der Waals surface area (Å²) in [7, 11) is 1.63. The molecule has 0 spiro atoms. The van der Waals surface area contributed by atoms with Crippen molar-refractivity contribution in [2.45, 2.75) is 6.92 Å². The van der Waals surface area contributed by atoms with Gasteiger partial charge in [0.1, 0.15) is 12.4 Å². The van der Waals surface area contributed by atoms with Gasteiger partial charge in [-0.05, 0) is 24.6 Å². The maximum atomic E-state index is 12.1. The van der Waals surface area contributed by atoms with Crippen molar-refractivity contribution in [3.8, 4) is 11.5 Å². The Morgan fingerprint density at radius 2 is 1.72 bits per heavy atom. The van der Waals surface area contributed by atoms with Gasteiger partial charge in [-0.3, -0.25) is 14.9 Å². The maximum absolute atomic E-state index is 12.1. The van der Waals surface area contributed by atoms with Gasteiger partial charge in [-0.25, -0.2) is 0 Å². The molecule has 0 N–H and O–H groups in total. The lowest BCUT2D eigenvalue weighted by molar-refractivity contribution is -0.385. The molecule has 0 unspecified atom stereocenters. The van der Waals surface area contributed by atoms with Crippen LogP contribution in [0.4, 0.5) is 5.69 Å². The summed E-state index contributed by atoms with van der Waals surface area (Å²) in [5, 5.41) is 10.9. The van der Waals surface area contributed by atoms with Crippen LogP contribution < -0.4 is 9.47 Å². The van der Waals surface area contributed by atoms with Gasteiger partial charge in [0.15, 0.2) is 12.4 Å². The molecule has 25 heavy (non-hydrogen) atoms. The highest BCUT2D eigenvalue weighted by atomic mass is 16.6. The van der Waals surface area contributed by atoms with Gasteiger partial charge in [0, 0.05) is 13.1 Å². The smallest absolute Gasteiger partial charge is 0.310 e. The first-order valence-corrected chi connectivity index (χ1v) is 7.77. The van der Waals surface area contributed by atoms with Crippen LogP contribution >= 0.6 is 0 Å². The molecule has 0 fully saturated rings. The average molecular weight is 344 g/mol. The molecule has 0 aliphatic carbocycles. The summed E-state index contributed by atoms with van der Waals surface area (Å²) < 4.78 is 10.9. The molecule has 0 aromatic heterocycles. The third kappa shape index (κ3) is 5.20. The minimum Gasteiger partial charge on any atom is -0.491 e. The van der Waals surface area contributed by atoms with E-state index in [0.717, 1.165) is 11.3 Å². The number of carbonyl (C=O) groups is 1. The number of ether oxygens (including phenoxy) is 2. The summed E-state index contributed by atoms with van der Waals surface area (Å²) in [6, 6.07) is 13.6. The highest BCUT2D eigenvalue weighted by Crippen LogP contribution is 2.25. The number of nitro benzene ring substituents is 1. The maximum Gasteiger partial charge on any atom is 0.310 e. The van der Waals surface area contributed by atoms with E-state index in [0.29, 0.717) is 13.2 Å². The first-order valence-electron chi connectivity index (χ1n) is 7.77. The van der Waals surface area contributed by atoms with Crippen molar-refractivity contribution >= 4 is 11.6 Å². The van der Waals surface area contributed by atoms with Crippen molar-refractivity contribution in [3.63, 3.8) is 0 Å². The molecule has 0 radical (unpaired) electrons. The zero-order chi connectivity index (χ0) is 18.2. The van der Waals surface area contributed by atoms with Crippen LogP contribution in [0.2, 0.25) is 0 Å². The SMILES string of the molecule is Cc1ccccc1OCCN(C)C(=O)COc1ccccc1[N+](=O)[O-]. The number of nitrogens with zero attached hydrogens (tertiary/aromatic N) is 2. The third-order valence-corrected chi connectivity index (χ3v) is 3.62. The van der Waals surface area contributed by atoms with Gasteiger partial charge in [-0.15, -0.1) is 0 Å². The summed E-state index contributed by atoms with van der Waals surface area (Å²) in [6.07, 6.45) is 0. The molecule has 0 saturated heterocycles. The van der Waals surface area contributed by atoms with E-state index in [1.165, 1.54) is 17.0 Å². The zero-order valence-electron chi connectivity index (χ0n) is 14.2. The van der Waals surface area contributed by atoms with Gasteiger partial charge in [-0.1, -0.05) is 30.3 Å². The van der Waals surface area contributed by atoms with Crippen LogP contribution in [0.3, 0.4) is 0 Å². The first-order chi connectivity index (χ1) is 12.0. The zero-order valence-corrected chi connectivity index (χ0v) is 14.2. The lowest BCUT2D eigenvalue weighted by Gasteiger charge is -2.18. The Bertz CT molecular complexity index is 748. The summed E-state index contributed by atoms with van der Waals surface area (Å²) in [4.78, 5) is 23.9. The lowest BCUT2D eigenvalue weighted by atomic mass is 10.2. The fourth-order valence-corrected chi connectivity index (χ4v) is 2.12. The van der Waals surface area contributed by atoms with E-state index in [9.17, 15) is 14.9 Å². The number of carbonyl (C=O) groups excluding carboxylic acids is 1. The Balaban J connectivity index is 1.81. The third-order valence-electron chi connectivity index (χ3n) is 3.62. The molecule has 0 bridgehead atoms. The standard InChI is InChI=1S/C18H20N2O5/c1-14-7-3-5-9-16(14)24-12-11-19(2)18(21)13-25-17-10-6-4-8-15(17)20(22)23/h3-10H,11-13H2,1-2H3. The van der Waals surface area contributed by atoms with Gasteiger partial charge in [0.05, 0.1) is 11.5 Å². The van der Waals surface area contributed by atoms with Crippen molar-refractivity contribution in [2.24, 2.45) is 0 Å². The summed E-state index contributed by atoms with van der Waals surface area (Å²) in [5.74, 6) is 0.566. The summed E-state index contributed by atoms with van der Waals surface area (Å²) in [5.41, 5.74) is 0.858. The topological polar surface area (TPSA) is 81.9 Å². The van der Waals surface area contributed by atoms with Crippen LogP contribution in [-0.2, 0) is 4.79 Å². The normalized spacial score (nSPS) is 10.2. The number of amides is 1. The van der Waals surface area contributed by atoms with E-state index < -0.39 is 4.92 Å². The van der Waals surface area contributed by atoms with E-state index >= 15 is 0 Å². The molecule has 132 valence electrons. The van der Waals surface area contributed by atoms with Gasteiger partial charge >= 0.3 is 5.69 Å². The monoisotopic (exact) mass is 344 g/mol. The molecule has 7 nitrogen and oxygen atoms in total. The summed E-state index contributed by atoms with van der Waals surface area (Å²) in [6.45, 7) is 2.41. The Labute approximate surface area is 145 Å². The number of likely N-dealkylation sites (N-methyl/N-ethyl adjacent to an activating group) is 1. The Kier molecular flexibility index (Phi) is 6.33. The Morgan fingerprint density at radius 3 is 2.40 bits per heavy atom. The molecule has 2 rings (SSSR count). The molecule has 2 aromatic carbocycles. The van der Waals surface area contributed by atoms with Crippen molar-refractivity contribution in [1.82, 2.24) is 4.90 Å². The predicted octanol–water partition coefficient (Wildman–Crippen LogP) is 2.82. The molecule has 0 aliphatic heterocycles. The van der Waals surface area contributed by atoms with Crippen molar-refractivity contribution in [1.29, 1.82) is 0 Å². The van der Waals surface area contributed by atoms with Crippen LogP contribution in [0, 0.1) is 17.0 Å². The quantitative estimate of drug-likeness (QED) is 0.543. The molecule has 2 aromatic rings. The molecule has 7 heteroatoms. The van der Waals surface area contributed by atoms with Crippen molar-refractivity contribution in [3.05, 3.63) is 64.2 Å². The average Bonchev–Trinajstić information content (AvgIpc) is 2.61. The van der Waals surface area contributed by atoms with Crippen LogP contribution in [-0.4, -0.2) is 42.5 Å². The molecule has 1 amide bonds. The fourth-order valence-electron chi connectivity index (χ4n) is 2.12. The predicted molar refractivity (Wildman–Crippen MR) is 92.9 cm³/mol. The molecule has 0 atom stereocenters. The van der Waals surface area contributed by atoms with E-state index in [-0.39, 0.29) is 24.0 Å². The number of nitro groups is 1. The van der Waals surface area contributed by atoms with Crippen LogP contribution in [0.25, 0.3) is 0 Å². The molecule has 0 heterocycles. The molecule has 0 aliphatic rings. The first kappa shape index (κ1) is 18.3. The molecular weight excluding hydrogens is 324 g/mol. The number of hydrogen-bond acceptors (Lipinski definition) is 5. The van der Waals surface area contributed by atoms with E-state index in [1.807, 2.05) is 31.2 Å².